The number of benzene rings is 1. The average Bonchev–Trinajstić information content (AvgIpc) is 2.29. The average molecular weight is 268 g/mol. The van der Waals surface area contributed by atoms with E-state index in [-0.39, 0.29) is 5.91 Å². The molecule has 0 radical (unpaired) electrons. The predicted octanol–water partition coefficient (Wildman–Crippen LogP) is 1.57. The number of anilines is 1. The molecule has 0 bridgehead atoms. The third-order valence-corrected chi connectivity index (χ3v) is 3.41. The van der Waals surface area contributed by atoms with E-state index in [9.17, 15) is 4.79 Å². The van der Waals surface area contributed by atoms with Crippen molar-refractivity contribution in [2.24, 2.45) is 0 Å². The van der Waals surface area contributed by atoms with Gasteiger partial charge in [-0.15, -0.1) is 0 Å². The number of nitrogens with zero attached hydrogens (tertiary/aromatic N) is 1. The van der Waals surface area contributed by atoms with Crippen molar-refractivity contribution in [1.82, 2.24) is 10.2 Å². The summed E-state index contributed by atoms with van der Waals surface area (Å²) in [6, 6.07) is 7.64. The van der Waals surface area contributed by atoms with Gasteiger partial charge in [-0.3, -0.25) is 9.69 Å². The van der Waals surface area contributed by atoms with Crippen LogP contribution in [-0.2, 0) is 4.79 Å². The number of hydrogen-bond donors (Lipinski definition) is 2. The largest absolute Gasteiger partial charge is 0.325 e. The third-order valence-electron chi connectivity index (χ3n) is 3.16. The van der Waals surface area contributed by atoms with Crippen LogP contribution in [0.25, 0.3) is 0 Å². The predicted molar refractivity (Wildman–Crippen MR) is 74.0 cm³/mol. The molecule has 1 aliphatic rings. The summed E-state index contributed by atoms with van der Waals surface area (Å²) in [5.41, 5.74) is 0.784. The third kappa shape index (κ3) is 3.45. The van der Waals surface area contributed by atoms with E-state index >= 15 is 0 Å². The monoisotopic (exact) mass is 267 g/mol. The van der Waals surface area contributed by atoms with Crippen molar-refractivity contribution >= 4 is 23.2 Å². The van der Waals surface area contributed by atoms with Gasteiger partial charge in [-0.05, 0) is 30.8 Å². The second-order valence-electron chi connectivity index (χ2n) is 4.43. The summed E-state index contributed by atoms with van der Waals surface area (Å²) in [6.07, 6.45) is 0. The van der Waals surface area contributed by atoms with Crippen LogP contribution < -0.4 is 10.6 Å². The molecular weight excluding hydrogens is 250 g/mol. The van der Waals surface area contributed by atoms with Crippen LogP contribution in [0.15, 0.2) is 24.3 Å². The first-order valence-corrected chi connectivity index (χ1v) is 6.57. The second kappa shape index (κ2) is 6.18. The number of rotatable bonds is 5. The second-order valence-corrected chi connectivity index (χ2v) is 4.87. The van der Waals surface area contributed by atoms with Gasteiger partial charge in [0, 0.05) is 29.8 Å². The van der Waals surface area contributed by atoms with Crippen LogP contribution in [0.1, 0.15) is 6.92 Å². The number of halogens is 1. The fourth-order valence-electron chi connectivity index (χ4n) is 1.95. The van der Waals surface area contributed by atoms with E-state index in [0.29, 0.717) is 17.6 Å². The maximum absolute atomic E-state index is 11.9. The van der Waals surface area contributed by atoms with Gasteiger partial charge in [0.15, 0.2) is 0 Å². The van der Waals surface area contributed by atoms with E-state index in [2.05, 4.69) is 22.5 Å². The Morgan fingerprint density at radius 3 is 2.61 bits per heavy atom. The maximum atomic E-state index is 11.9. The van der Waals surface area contributed by atoms with Crippen LogP contribution in [0.5, 0.6) is 0 Å². The minimum absolute atomic E-state index is 0.0195. The van der Waals surface area contributed by atoms with Crippen molar-refractivity contribution in [2.75, 3.05) is 31.5 Å². The Hall–Kier alpha value is -1.10. The highest BCUT2D eigenvalue weighted by atomic mass is 35.5. The molecule has 0 unspecified atom stereocenters. The van der Waals surface area contributed by atoms with E-state index in [1.807, 2.05) is 0 Å². The van der Waals surface area contributed by atoms with Gasteiger partial charge >= 0.3 is 0 Å². The molecule has 4 nitrogen and oxygen atoms in total. The molecule has 1 aliphatic heterocycles. The Bertz CT molecular complexity index is 403. The summed E-state index contributed by atoms with van der Waals surface area (Å²) in [6.45, 7) is 5.35. The first-order valence-electron chi connectivity index (χ1n) is 6.19. The fourth-order valence-corrected chi connectivity index (χ4v) is 2.07. The van der Waals surface area contributed by atoms with Gasteiger partial charge in [-0.25, -0.2) is 0 Å². The zero-order valence-corrected chi connectivity index (χ0v) is 11.2. The van der Waals surface area contributed by atoms with Gasteiger partial charge in [0.25, 0.3) is 0 Å². The smallest absolute Gasteiger partial charge is 0.238 e. The van der Waals surface area contributed by atoms with Crippen LogP contribution in [0.2, 0.25) is 5.02 Å². The van der Waals surface area contributed by atoms with Gasteiger partial charge < -0.3 is 10.6 Å². The van der Waals surface area contributed by atoms with E-state index in [1.165, 1.54) is 0 Å². The highest BCUT2D eigenvalue weighted by Crippen LogP contribution is 2.13. The molecule has 1 saturated heterocycles. The Kier molecular flexibility index (Phi) is 4.58. The lowest BCUT2D eigenvalue weighted by Gasteiger charge is -2.37. The van der Waals surface area contributed by atoms with Crippen LogP contribution in [0.3, 0.4) is 0 Å². The van der Waals surface area contributed by atoms with Crippen molar-refractivity contribution in [3.63, 3.8) is 0 Å². The van der Waals surface area contributed by atoms with Crippen LogP contribution in [0, 0.1) is 0 Å². The summed E-state index contributed by atoms with van der Waals surface area (Å²) < 4.78 is 0. The number of amides is 1. The van der Waals surface area contributed by atoms with E-state index in [0.717, 1.165) is 25.3 Å². The molecule has 5 heteroatoms. The maximum Gasteiger partial charge on any atom is 0.238 e. The number of hydrogen-bond acceptors (Lipinski definition) is 3. The van der Waals surface area contributed by atoms with Gasteiger partial charge in [0.2, 0.25) is 5.91 Å². The van der Waals surface area contributed by atoms with Crippen LogP contribution >= 0.6 is 11.6 Å². The standard InChI is InChI=1S/C13H18ClN3O/c1-2-17(12-7-15-8-12)9-13(18)16-11-5-3-10(14)4-6-11/h3-6,12,15H,2,7-9H2,1H3,(H,16,18). The molecule has 1 amide bonds. The Labute approximate surface area is 112 Å². The quantitative estimate of drug-likeness (QED) is 0.851. The number of carbonyl (C=O) groups excluding carboxylic acids is 1. The molecule has 0 spiro atoms. The highest BCUT2D eigenvalue weighted by Gasteiger charge is 2.24. The molecule has 1 heterocycles. The van der Waals surface area contributed by atoms with Crippen molar-refractivity contribution in [2.45, 2.75) is 13.0 Å². The molecule has 0 aromatic heterocycles. The minimum atomic E-state index is 0.0195. The number of carbonyl (C=O) groups is 1. The Morgan fingerprint density at radius 1 is 1.44 bits per heavy atom. The van der Waals surface area contributed by atoms with Gasteiger partial charge in [0.05, 0.1) is 6.54 Å². The lowest BCUT2D eigenvalue weighted by molar-refractivity contribution is -0.118. The zero-order valence-electron chi connectivity index (χ0n) is 10.4. The van der Waals surface area contributed by atoms with Crippen LogP contribution in [0.4, 0.5) is 5.69 Å². The SMILES string of the molecule is CCN(CC(=O)Nc1ccc(Cl)cc1)C1CNC1. The summed E-state index contributed by atoms with van der Waals surface area (Å²) in [5, 5.41) is 6.76. The van der Waals surface area contributed by atoms with Crippen molar-refractivity contribution in [3.8, 4) is 0 Å². The normalized spacial score (nSPS) is 15.5. The minimum Gasteiger partial charge on any atom is -0.325 e. The first kappa shape index (κ1) is 13.3. The first-order chi connectivity index (χ1) is 8.69. The van der Waals surface area contributed by atoms with Crippen LogP contribution in [-0.4, -0.2) is 43.0 Å². The van der Waals surface area contributed by atoms with E-state index < -0.39 is 0 Å². The van der Waals surface area contributed by atoms with Crippen molar-refractivity contribution in [1.29, 1.82) is 0 Å². The topological polar surface area (TPSA) is 44.4 Å². The van der Waals surface area contributed by atoms with Crippen molar-refractivity contribution in [3.05, 3.63) is 29.3 Å². The lowest BCUT2D eigenvalue weighted by atomic mass is 10.1. The highest BCUT2D eigenvalue weighted by molar-refractivity contribution is 6.30. The lowest BCUT2D eigenvalue weighted by Crippen LogP contribution is -2.58. The molecule has 98 valence electrons. The molecule has 1 aromatic rings. The molecule has 0 atom stereocenters. The summed E-state index contributed by atoms with van der Waals surface area (Å²) in [5.74, 6) is 0.0195. The molecule has 0 saturated carbocycles. The molecule has 18 heavy (non-hydrogen) atoms. The zero-order chi connectivity index (χ0) is 13.0. The molecule has 1 aromatic carbocycles. The Balaban J connectivity index is 1.85. The number of likely N-dealkylation sites (N-methyl/N-ethyl adjacent to an activating group) is 1. The van der Waals surface area contributed by atoms with Gasteiger partial charge in [-0.1, -0.05) is 18.5 Å². The summed E-state index contributed by atoms with van der Waals surface area (Å²) in [4.78, 5) is 14.1. The fraction of sp³-hybridized carbons (Fsp3) is 0.462. The Morgan fingerprint density at radius 2 is 2.11 bits per heavy atom. The number of nitrogens with one attached hydrogen (secondary N) is 2. The summed E-state index contributed by atoms with van der Waals surface area (Å²) >= 11 is 5.80. The molecule has 2 rings (SSSR count). The van der Waals surface area contributed by atoms with Gasteiger partial charge in [0.1, 0.15) is 0 Å². The van der Waals surface area contributed by atoms with Gasteiger partial charge in [-0.2, -0.15) is 0 Å². The van der Waals surface area contributed by atoms with E-state index in [4.69, 9.17) is 11.6 Å². The van der Waals surface area contributed by atoms with Crippen molar-refractivity contribution < 1.29 is 4.79 Å². The molecule has 2 N–H and O–H groups in total. The molecular formula is C13H18ClN3O. The summed E-state index contributed by atoms with van der Waals surface area (Å²) in [7, 11) is 0. The van der Waals surface area contributed by atoms with E-state index in [1.54, 1.807) is 24.3 Å². The molecule has 1 fully saturated rings. The molecule has 0 aliphatic carbocycles.